The van der Waals surface area contributed by atoms with Crippen molar-refractivity contribution in [2.24, 2.45) is 4.99 Å². The van der Waals surface area contributed by atoms with Crippen molar-refractivity contribution in [1.29, 1.82) is 0 Å². The summed E-state index contributed by atoms with van der Waals surface area (Å²) in [7, 11) is 0. The fraction of sp³-hybridized carbons (Fsp3) is 0. The highest BCUT2D eigenvalue weighted by molar-refractivity contribution is 8.19. The van der Waals surface area contributed by atoms with Gasteiger partial charge < -0.3 is 0 Å². The van der Waals surface area contributed by atoms with Gasteiger partial charge in [0.1, 0.15) is 0 Å². The van der Waals surface area contributed by atoms with Gasteiger partial charge in [-0.25, -0.2) is 9.98 Å². The monoisotopic (exact) mass is 391 g/mol. The molecule has 3 aromatic rings. The molecular formula is C21H14ClN3OS. The molecule has 0 spiro atoms. The van der Waals surface area contributed by atoms with Gasteiger partial charge in [-0.2, -0.15) is 0 Å². The maximum atomic E-state index is 13.1. The third kappa shape index (κ3) is 3.94. The van der Waals surface area contributed by atoms with Crippen molar-refractivity contribution < 1.29 is 4.79 Å². The number of nitrogens with zero attached hydrogens (tertiary/aromatic N) is 3. The first-order valence-corrected chi connectivity index (χ1v) is 9.44. The minimum atomic E-state index is -0.124. The van der Waals surface area contributed by atoms with Gasteiger partial charge in [0.2, 0.25) is 0 Å². The van der Waals surface area contributed by atoms with Crippen LogP contribution in [0, 0.1) is 0 Å². The number of benzene rings is 2. The fourth-order valence-corrected chi connectivity index (χ4v) is 3.81. The zero-order chi connectivity index (χ0) is 18.6. The molecule has 0 saturated carbocycles. The van der Waals surface area contributed by atoms with Gasteiger partial charge in [-0.1, -0.05) is 48.0 Å². The van der Waals surface area contributed by atoms with Gasteiger partial charge in [0.15, 0.2) is 11.0 Å². The van der Waals surface area contributed by atoms with Crippen LogP contribution in [-0.2, 0) is 4.79 Å². The van der Waals surface area contributed by atoms with Crippen LogP contribution in [0.5, 0.6) is 0 Å². The van der Waals surface area contributed by atoms with E-state index in [1.165, 1.54) is 11.8 Å². The number of anilines is 1. The van der Waals surface area contributed by atoms with E-state index in [0.717, 1.165) is 11.3 Å². The topological polar surface area (TPSA) is 45.6 Å². The van der Waals surface area contributed by atoms with Gasteiger partial charge in [0.05, 0.1) is 10.6 Å². The summed E-state index contributed by atoms with van der Waals surface area (Å²) in [5.41, 5.74) is 1.63. The summed E-state index contributed by atoms with van der Waals surface area (Å²) in [6, 6.07) is 22.4. The highest BCUT2D eigenvalue weighted by atomic mass is 35.5. The number of amides is 1. The van der Waals surface area contributed by atoms with Crippen LogP contribution in [0.15, 0.2) is 88.9 Å². The van der Waals surface area contributed by atoms with Gasteiger partial charge >= 0.3 is 0 Å². The Morgan fingerprint density at radius 3 is 2.56 bits per heavy atom. The predicted molar refractivity (Wildman–Crippen MR) is 112 cm³/mol. The molecule has 1 saturated heterocycles. The average molecular weight is 392 g/mol. The van der Waals surface area contributed by atoms with E-state index in [9.17, 15) is 4.79 Å². The number of aromatic nitrogens is 1. The Bertz CT molecular complexity index is 1040. The molecule has 1 aliphatic rings. The molecule has 1 aliphatic heterocycles. The van der Waals surface area contributed by atoms with Crippen LogP contribution in [-0.4, -0.2) is 16.1 Å². The van der Waals surface area contributed by atoms with Gasteiger partial charge in [-0.15, -0.1) is 0 Å². The van der Waals surface area contributed by atoms with E-state index >= 15 is 0 Å². The summed E-state index contributed by atoms with van der Waals surface area (Å²) in [4.78, 5) is 24.1. The average Bonchev–Trinajstić information content (AvgIpc) is 2.98. The first-order chi connectivity index (χ1) is 13.2. The SMILES string of the molecule is O=C1/C(=C/c2cccc(Cl)c2)S/C(=N/c2ccccn2)N1c1ccccc1. The lowest BCUT2D eigenvalue weighted by Crippen LogP contribution is -2.28. The first-order valence-electron chi connectivity index (χ1n) is 8.25. The Hall–Kier alpha value is -2.89. The number of hydrogen-bond donors (Lipinski definition) is 0. The number of pyridine rings is 1. The smallest absolute Gasteiger partial charge is 0.268 e. The van der Waals surface area contributed by atoms with Crippen molar-refractivity contribution in [3.8, 4) is 0 Å². The van der Waals surface area contributed by atoms with Crippen molar-refractivity contribution in [3.05, 3.63) is 94.5 Å². The second kappa shape index (κ2) is 7.78. The van der Waals surface area contributed by atoms with Crippen LogP contribution in [0.25, 0.3) is 6.08 Å². The first kappa shape index (κ1) is 17.5. The summed E-state index contributed by atoms with van der Waals surface area (Å²) in [6.07, 6.45) is 3.51. The number of halogens is 1. The van der Waals surface area contributed by atoms with Gasteiger partial charge in [-0.05, 0) is 59.8 Å². The number of aliphatic imine (C=N–C) groups is 1. The Labute approximate surface area is 166 Å². The second-order valence-electron chi connectivity index (χ2n) is 5.72. The number of para-hydroxylation sites is 1. The molecule has 0 bridgehead atoms. The molecule has 132 valence electrons. The highest BCUT2D eigenvalue weighted by Gasteiger charge is 2.34. The van der Waals surface area contributed by atoms with Crippen molar-refractivity contribution in [2.45, 2.75) is 0 Å². The molecule has 4 rings (SSSR count). The zero-order valence-electron chi connectivity index (χ0n) is 14.1. The number of thioether (sulfide) groups is 1. The molecule has 0 atom stereocenters. The highest BCUT2D eigenvalue weighted by Crippen LogP contribution is 2.37. The summed E-state index contributed by atoms with van der Waals surface area (Å²) in [5.74, 6) is 0.429. The van der Waals surface area contributed by atoms with Crippen molar-refractivity contribution in [1.82, 2.24) is 4.98 Å². The van der Waals surface area contributed by atoms with E-state index in [1.54, 1.807) is 23.2 Å². The summed E-state index contributed by atoms with van der Waals surface area (Å²) >= 11 is 7.39. The molecule has 1 fully saturated rings. The second-order valence-corrected chi connectivity index (χ2v) is 7.17. The van der Waals surface area contributed by atoms with Crippen LogP contribution in [0.3, 0.4) is 0 Å². The molecule has 0 radical (unpaired) electrons. The normalized spacial score (nSPS) is 17.1. The lowest BCUT2D eigenvalue weighted by atomic mass is 10.2. The molecular weight excluding hydrogens is 378 g/mol. The summed E-state index contributed by atoms with van der Waals surface area (Å²) in [5, 5.41) is 1.19. The summed E-state index contributed by atoms with van der Waals surface area (Å²) < 4.78 is 0. The van der Waals surface area contributed by atoms with E-state index in [-0.39, 0.29) is 5.91 Å². The van der Waals surface area contributed by atoms with Crippen molar-refractivity contribution in [2.75, 3.05) is 4.90 Å². The lowest BCUT2D eigenvalue weighted by Gasteiger charge is -2.15. The molecule has 27 heavy (non-hydrogen) atoms. The maximum Gasteiger partial charge on any atom is 0.271 e. The Kier molecular flexibility index (Phi) is 5.05. The molecule has 2 heterocycles. The van der Waals surface area contributed by atoms with Crippen LogP contribution >= 0.6 is 23.4 Å². The van der Waals surface area contributed by atoms with Crippen molar-refractivity contribution in [3.63, 3.8) is 0 Å². The van der Waals surface area contributed by atoms with Gasteiger partial charge in [0.25, 0.3) is 5.91 Å². The Morgan fingerprint density at radius 1 is 1.00 bits per heavy atom. The molecule has 0 N–H and O–H groups in total. The van der Waals surface area contributed by atoms with Crippen LogP contribution < -0.4 is 4.90 Å². The number of hydrogen-bond acceptors (Lipinski definition) is 4. The van der Waals surface area contributed by atoms with Gasteiger partial charge in [0, 0.05) is 11.2 Å². The number of amidine groups is 1. The maximum absolute atomic E-state index is 13.1. The van der Waals surface area contributed by atoms with E-state index in [4.69, 9.17) is 11.6 Å². The quantitative estimate of drug-likeness (QED) is 0.550. The third-order valence-corrected chi connectivity index (χ3v) is 5.03. The predicted octanol–water partition coefficient (Wildman–Crippen LogP) is 5.54. The number of rotatable bonds is 3. The standard InChI is InChI=1S/C21H14ClN3OS/c22-16-8-6-7-15(13-16)14-18-20(26)25(17-9-2-1-3-10-17)21(27-18)24-19-11-4-5-12-23-19/h1-14H/b18-14-,24-21+. The van der Waals surface area contributed by atoms with E-state index in [2.05, 4.69) is 9.98 Å². The number of carbonyl (C=O) groups is 1. The molecule has 1 aromatic heterocycles. The molecule has 2 aromatic carbocycles. The molecule has 6 heteroatoms. The third-order valence-electron chi connectivity index (χ3n) is 3.83. The largest absolute Gasteiger partial charge is 0.271 e. The molecule has 0 unspecified atom stereocenters. The molecule has 0 aliphatic carbocycles. The minimum Gasteiger partial charge on any atom is -0.268 e. The van der Waals surface area contributed by atoms with Crippen LogP contribution in [0.2, 0.25) is 5.02 Å². The molecule has 4 nitrogen and oxygen atoms in total. The van der Waals surface area contributed by atoms with Gasteiger partial charge in [-0.3, -0.25) is 9.69 Å². The Balaban J connectivity index is 1.77. The Morgan fingerprint density at radius 2 is 1.81 bits per heavy atom. The fourth-order valence-electron chi connectivity index (χ4n) is 2.62. The van der Waals surface area contributed by atoms with E-state index in [0.29, 0.717) is 20.9 Å². The summed E-state index contributed by atoms with van der Waals surface area (Å²) in [6.45, 7) is 0. The van der Waals surface area contributed by atoms with Crippen molar-refractivity contribution >= 4 is 52.0 Å². The number of carbonyl (C=O) groups excluding carboxylic acids is 1. The van der Waals surface area contributed by atoms with E-state index < -0.39 is 0 Å². The van der Waals surface area contributed by atoms with Crippen LogP contribution in [0.4, 0.5) is 11.5 Å². The molecule has 1 amide bonds. The zero-order valence-corrected chi connectivity index (χ0v) is 15.7. The lowest BCUT2D eigenvalue weighted by molar-refractivity contribution is -0.113. The van der Waals surface area contributed by atoms with Crippen LogP contribution in [0.1, 0.15) is 5.56 Å². The van der Waals surface area contributed by atoms with E-state index in [1.807, 2.05) is 66.7 Å². The minimum absolute atomic E-state index is 0.124.